The van der Waals surface area contributed by atoms with Gasteiger partial charge >= 0.3 is 6.18 Å². The van der Waals surface area contributed by atoms with Gasteiger partial charge in [0, 0.05) is 6.20 Å². The molecule has 3 nitrogen and oxygen atoms in total. The third-order valence-corrected chi connectivity index (χ3v) is 2.54. The van der Waals surface area contributed by atoms with Crippen LogP contribution in [0.3, 0.4) is 0 Å². The van der Waals surface area contributed by atoms with Crippen molar-refractivity contribution in [3.05, 3.63) is 27.8 Å². The number of alkyl halides is 3. The van der Waals surface area contributed by atoms with Gasteiger partial charge in [0.15, 0.2) is 16.5 Å². The molecule has 0 unspecified atom stereocenters. The van der Waals surface area contributed by atoms with Gasteiger partial charge in [-0.05, 0) is 15.9 Å². The largest absolute Gasteiger partial charge is 0.434 e. The van der Waals surface area contributed by atoms with Crippen molar-refractivity contribution in [2.24, 2.45) is 0 Å². The SMILES string of the molecule is FC(F)(F)c1cn2c(Br)cnc2c(Cl)n1. The smallest absolute Gasteiger partial charge is 0.289 e. The zero-order chi connectivity index (χ0) is 11.2. The van der Waals surface area contributed by atoms with Gasteiger partial charge < -0.3 is 0 Å². The first-order valence-corrected chi connectivity index (χ1v) is 4.83. The Labute approximate surface area is 95.0 Å². The summed E-state index contributed by atoms with van der Waals surface area (Å²) < 4.78 is 38.7. The molecule has 0 bridgehead atoms. The lowest BCUT2D eigenvalue weighted by atomic mass is 10.4. The van der Waals surface area contributed by atoms with E-state index in [0.717, 1.165) is 6.20 Å². The molecule has 0 amide bonds. The third kappa shape index (κ3) is 1.81. The number of fused-ring (bicyclic) bond motifs is 1. The van der Waals surface area contributed by atoms with Crippen LogP contribution in [0.5, 0.6) is 0 Å². The van der Waals surface area contributed by atoms with Gasteiger partial charge in [-0.2, -0.15) is 13.2 Å². The topological polar surface area (TPSA) is 30.2 Å². The van der Waals surface area contributed by atoms with E-state index in [0.29, 0.717) is 4.60 Å². The van der Waals surface area contributed by atoms with Crippen molar-refractivity contribution in [1.29, 1.82) is 0 Å². The molecule has 2 rings (SSSR count). The summed E-state index contributed by atoms with van der Waals surface area (Å²) in [4.78, 5) is 7.02. The number of imidazole rings is 1. The highest BCUT2D eigenvalue weighted by molar-refractivity contribution is 9.10. The lowest BCUT2D eigenvalue weighted by Gasteiger charge is -2.06. The molecule has 0 fully saturated rings. The van der Waals surface area contributed by atoms with E-state index in [1.165, 1.54) is 10.6 Å². The molecule has 0 aromatic carbocycles. The molecule has 0 saturated carbocycles. The van der Waals surface area contributed by atoms with Crippen molar-refractivity contribution in [3.8, 4) is 0 Å². The van der Waals surface area contributed by atoms with Crippen LogP contribution in [0.4, 0.5) is 13.2 Å². The second kappa shape index (κ2) is 3.34. The minimum absolute atomic E-state index is 0.177. The summed E-state index contributed by atoms with van der Waals surface area (Å²) >= 11 is 8.61. The summed E-state index contributed by atoms with van der Waals surface area (Å²) in [5.41, 5.74) is -0.879. The molecule has 0 radical (unpaired) electrons. The summed E-state index contributed by atoms with van der Waals surface area (Å²) in [7, 11) is 0. The van der Waals surface area contributed by atoms with Gasteiger partial charge in [-0.15, -0.1) is 0 Å². The normalized spacial score (nSPS) is 12.3. The molecule has 0 N–H and O–H groups in total. The number of hydrogen-bond donors (Lipinski definition) is 0. The van der Waals surface area contributed by atoms with Crippen LogP contribution in [0, 0.1) is 0 Å². The Balaban J connectivity index is 2.76. The van der Waals surface area contributed by atoms with E-state index < -0.39 is 11.9 Å². The molecule has 0 atom stereocenters. The average Bonchev–Trinajstić information content (AvgIpc) is 2.47. The lowest BCUT2D eigenvalue weighted by Crippen LogP contribution is -2.10. The Hall–Kier alpha value is -0.820. The summed E-state index contributed by atoms with van der Waals surface area (Å²) in [6, 6.07) is 0. The zero-order valence-electron chi connectivity index (χ0n) is 6.89. The number of rotatable bonds is 0. The van der Waals surface area contributed by atoms with Crippen LogP contribution in [0.2, 0.25) is 5.15 Å². The molecule has 2 aromatic rings. The highest BCUT2D eigenvalue weighted by Gasteiger charge is 2.34. The summed E-state index contributed by atoms with van der Waals surface area (Å²) in [6.07, 6.45) is -2.34. The molecule has 8 heteroatoms. The second-order valence-corrected chi connectivity index (χ2v) is 3.86. The minimum Gasteiger partial charge on any atom is -0.289 e. The standard InChI is InChI=1S/C7H2BrClF3N3/c8-4-1-13-6-5(9)14-3(2-15(4)6)7(10,11)12/h1-2H. The fourth-order valence-corrected chi connectivity index (χ4v) is 1.66. The molecule has 15 heavy (non-hydrogen) atoms. The van der Waals surface area contributed by atoms with Crippen LogP contribution >= 0.6 is 27.5 Å². The van der Waals surface area contributed by atoms with Crippen LogP contribution in [0.1, 0.15) is 5.69 Å². The fourth-order valence-electron chi connectivity index (χ4n) is 1.06. The van der Waals surface area contributed by atoms with Gasteiger partial charge in [-0.3, -0.25) is 4.40 Å². The van der Waals surface area contributed by atoms with Gasteiger partial charge in [-0.25, -0.2) is 9.97 Å². The van der Waals surface area contributed by atoms with Crippen LogP contribution < -0.4 is 0 Å². The van der Waals surface area contributed by atoms with Crippen molar-refractivity contribution in [2.75, 3.05) is 0 Å². The Bertz CT molecular complexity index is 522. The zero-order valence-corrected chi connectivity index (χ0v) is 9.23. The van der Waals surface area contributed by atoms with Gasteiger partial charge in [0.25, 0.3) is 0 Å². The lowest BCUT2D eigenvalue weighted by molar-refractivity contribution is -0.141. The molecule has 0 saturated heterocycles. The van der Waals surface area contributed by atoms with E-state index in [-0.39, 0.29) is 10.8 Å². The predicted octanol–water partition coefficient (Wildman–Crippen LogP) is 3.16. The predicted molar refractivity (Wildman–Crippen MR) is 50.7 cm³/mol. The molecular weight excluding hydrogens is 298 g/mol. The maximum atomic E-state index is 12.4. The Morgan fingerprint density at radius 2 is 2.07 bits per heavy atom. The van der Waals surface area contributed by atoms with Crippen molar-refractivity contribution in [2.45, 2.75) is 6.18 Å². The Morgan fingerprint density at radius 3 is 2.67 bits per heavy atom. The number of aromatic nitrogens is 3. The number of nitrogens with zero attached hydrogens (tertiary/aromatic N) is 3. The van der Waals surface area contributed by atoms with E-state index in [9.17, 15) is 13.2 Å². The van der Waals surface area contributed by atoms with E-state index >= 15 is 0 Å². The van der Waals surface area contributed by atoms with Crippen LogP contribution in [0.15, 0.2) is 17.0 Å². The highest BCUT2D eigenvalue weighted by Crippen LogP contribution is 2.30. The summed E-state index contributed by atoms with van der Waals surface area (Å²) in [6.45, 7) is 0. The number of halogens is 5. The van der Waals surface area contributed by atoms with Crippen molar-refractivity contribution < 1.29 is 13.2 Å². The van der Waals surface area contributed by atoms with Gasteiger partial charge in [0.05, 0.1) is 6.20 Å². The molecule has 80 valence electrons. The van der Waals surface area contributed by atoms with Crippen molar-refractivity contribution in [3.63, 3.8) is 0 Å². The van der Waals surface area contributed by atoms with E-state index in [1.807, 2.05) is 0 Å². The van der Waals surface area contributed by atoms with E-state index in [4.69, 9.17) is 11.6 Å². The van der Waals surface area contributed by atoms with E-state index in [1.54, 1.807) is 0 Å². The highest BCUT2D eigenvalue weighted by atomic mass is 79.9. The van der Waals surface area contributed by atoms with Crippen molar-refractivity contribution >= 4 is 33.2 Å². The van der Waals surface area contributed by atoms with Crippen molar-refractivity contribution in [1.82, 2.24) is 14.4 Å². The first kappa shape index (κ1) is 10.7. The molecule has 0 aliphatic carbocycles. The second-order valence-electron chi connectivity index (χ2n) is 2.69. The van der Waals surface area contributed by atoms with Crippen LogP contribution in [-0.4, -0.2) is 14.4 Å². The van der Waals surface area contributed by atoms with Crippen LogP contribution in [0.25, 0.3) is 5.65 Å². The Morgan fingerprint density at radius 1 is 1.40 bits per heavy atom. The molecule has 2 heterocycles. The molecule has 0 aliphatic heterocycles. The van der Waals surface area contributed by atoms with Gasteiger partial charge in [0.2, 0.25) is 0 Å². The van der Waals surface area contributed by atoms with E-state index in [2.05, 4.69) is 25.9 Å². The molecule has 0 aliphatic rings. The average molecular weight is 300 g/mol. The van der Waals surface area contributed by atoms with Crippen LogP contribution in [-0.2, 0) is 6.18 Å². The fraction of sp³-hybridized carbons (Fsp3) is 0.143. The minimum atomic E-state index is -4.53. The van der Waals surface area contributed by atoms with Gasteiger partial charge in [0.1, 0.15) is 4.60 Å². The monoisotopic (exact) mass is 299 g/mol. The quantitative estimate of drug-likeness (QED) is 0.748. The number of hydrogen-bond acceptors (Lipinski definition) is 2. The van der Waals surface area contributed by atoms with Gasteiger partial charge in [-0.1, -0.05) is 11.6 Å². The first-order valence-electron chi connectivity index (χ1n) is 3.66. The molecular formula is C7H2BrClF3N3. The Kier molecular flexibility index (Phi) is 2.38. The summed E-state index contributed by atoms with van der Waals surface area (Å²) in [5.74, 6) is 0. The maximum absolute atomic E-state index is 12.4. The summed E-state index contributed by atoms with van der Waals surface area (Å²) in [5, 5.41) is -0.282. The third-order valence-electron chi connectivity index (χ3n) is 1.70. The molecule has 2 aromatic heterocycles. The first-order chi connectivity index (χ1) is 6.89. The molecule has 0 spiro atoms. The maximum Gasteiger partial charge on any atom is 0.434 e.